The highest BCUT2D eigenvalue weighted by Crippen LogP contribution is 2.53. The van der Waals surface area contributed by atoms with Gasteiger partial charge in [0.25, 0.3) is 0 Å². The second-order valence-corrected chi connectivity index (χ2v) is 9.96. The predicted octanol–water partition coefficient (Wildman–Crippen LogP) is 8.73. The third kappa shape index (κ3) is 3.02. The van der Waals surface area contributed by atoms with Crippen LogP contribution >= 0.6 is 0 Å². The van der Waals surface area contributed by atoms with Gasteiger partial charge in [-0.3, -0.25) is 0 Å². The standard InChI is InChI=1S/C35H24N2/c1-2-10-23(11-3-1)29-22-33(36-30-17-9-8-16-28(29)30)37-31-20-18-24-12-4-6-14-26(24)34(31)35-27-15-7-5-13-25(27)19-21-32(35)37/h1-22,31,34H. The first-order chi connectivity index (χ1) is 18.4. The summed E-state index contributed by atoms with van der Waals surface area (Å²) in [6, 6.07) is 43.8. The third-order valence-corrected chi connectivity index (χ3v) is 8.00. The summed E-state index contributed by atoms with van der Waals surface area (Å²) in [7, 11) is 0. The van der Waals surface area contributed by atoms with E-state index in [0.29, 0.717) is 0 Å². The van der Waals surface area contributed by atoms with Crippen molar-refractivity contribution in [1.82, 2.24) is 4.98 Å². The topological polar surface area (TPSA) is 16.1 Å². The monoisotopic (exact) mass is 472 g/mol. The average Bonchev–Trinajstić information content (AvgIpc) is 3.32. The summed E-state index contributed by atoms with van der Waals surface area (Å²) >= 11 is 0. The largest absolute Gasteiger partial charge is 0.318 e. The number of aromatic nitrogens is 1. The molecule has 0 fully saturated rings. The molecule has 0 spiro atoms. The summed E-state index contributed by atoms with van der Waals surface area (Å²) in [6.07, 6.45) is 4.66. The van der Waals surface area contributed by atoms with Crippen molar-refractivity contribution in [3.8, 4) is 11.1 Å². The molecule has 0 saturated carbocycles. The molecule has 2 unspecified atom stereocenters. The molecular formula is C35H24N2. The van der Waals surface area contributed by atoms with Crippen molar-refractivity contribution in [1.29, 1.82) is 0 Å². The Morgan fingerprint density at radius 1 is 0.649 bits per heavy atom. The summed E-state index contributed by atoms with van der Waals surface area (Å²) in [6.45, 7) is 0. The molecule has 8 rings (SSSR count). The maximum atomic E-state index is 5.26. The number of hydrogen-bond donors (Lipinski definition) is 0. The molecule has 1 aromatic heterocycles. The summed E-state index contributed by atoms with van der Waals surface area (Å²) in [5.41, 5.74) is 8.78. The van der Waals surface area contributed by atoms with Gasteiger partial charge in [0.1, 0.15) is 5.82 Å². The van der Waals surface area contributed by atoms with Crippen LogP contribution in [0.2, 0.25) is 0 Å². The van der Waals surface area contributed by atoms with Gasteiger partial charge in [0.05, 0.1) is 11.6 Å². The summed E-state index contributed by atoms with van der Waals surface area (Å²) in [5, 5.41) is 3.79. The van der Waals surface area contributed by atoms with E-state index in [9.17, 15) is 0 Å². The third-order valence-electron chi connectivity index (χ3n) is 8.00. The van der Waals surface area contributed by atoms with Crippen molar-refractivity contribution < 1.29 is 0 Å². The van der Waals surface area contributed by atoms with Crippen LogP contribution in [-0.2, 0) is 0 Å². The fraction of sp³-hybridized carbons (Fsp3) is 0.0571. The highest BCUT2D eigenvalue weighted by atomic mass is 15.2. The highest BCUT2D eigenvalue weighted by Gasteiger charge is 2.42. The van der Waals surface area contributed by atoms with Gasteiger partial charge in [-0.1, -0.05) is 115 Å². The highest BCUT2D eigenvalue weighted by molar-refractivity contribution is 5.99. The van der Waals surface area contributed by atoms with E-state index in [-0.39, 0.29) is 12.0 Å². The van der Waals surface area contributed by atoms with Crippen LogP contribution in [0.3, 0.4) is 0 Å². The van der Waals surface area contributed by atoms with Crippen LogP contribution in [0.1, 0.15) is 22.6 Å². The Morgan fingerprint density at radius 2 is 1.41 bits per heavy atom. The minimum absolute atomic E-state index is 0.160. The first kappa shape index (κ1) is 20.5. The van der Waals surface area contributed by atoms with E-state index >= 15 is 0 Å². The van der Waals surface area contributed by atoms with Crippen molar-refractivity contribution in [3.63, 3.8) is 0 Å². The molecular weight excluding hydrogens is 448 g/mol. The molecule has 5 aromatic carbocycles. The number of rotatable bonds is 2. The van der Waals surface area contributed by atoms with E-state index in [1.54, 1.807) is 0 Å². The molecule has 174 valence electrons. The average molecular weight is 473 g/mol. The minimum Gasteiger partial charge on any atom is -0.318 e. The number of hydrogen-bond acceptors (Lipinski definition) is 2. The molecule has 2 nitrogen and oxygen atoms in total. The van der Waals surface area contributed by atoms with Crippen LogP contribution < -0.4 is 4.90 Å². The van der Waals surface area contributed by atoms with Gasteiger partial charge >= 0.3 is 0 Å². The van der Waals surface area contributed by atoms with Gasteiger partial charge in [-0.2, -0.15) is 0 Å². The van der Waals surface area contributed by atoms with E-state index in [0.717, 1.165) is 11.3 Å². The van der Waals surface area contributed by atoms with Crippen LogP contribution in [0.4, 0.5) is 11.5 Å². The van der Waals surface area contributed by atoms with Gasteiger partial charge in [0, 0.05) is 17.0 Å². The molecule has 0 bridgehead atoms. The van der Waals surface area contributed by atoms with Gasteiger partial charge in [0.2, 0.25) is 0 Å². The molecule has 1 aliphatic heterocycles. The Bertz CT molecular complexity index is 1850. The smallest absolute Gasteiger partial charge is 0.134 e. The molecule has 0 amide bonds. The second-order valence-electron chi connectivity index (χ2n) is 9.96. The van der Waals surface area contributed by atoms with Gasteiger partial charge in [0.15, 0.2) is 0 Å². The van der Waals surface area contributed by atoms with Crippen LogP contribution in [0.5, 0.6) is 0 Å². The maximum absolute atomic E-state index is 5.26. The lowest BCUT2D eigenvalue weighted by Crippen LogP contribution is -2.31. The second kappa shape index (κ2) is 7.91. The van der Waals surface area contributed by atoms with Gasteiger partial charge in [-0.15, -0.1) is 0 Å². The molecule has 37 heavy (non-hydrogen) atoms. The zero-order valence-electron chi connectivity index (χ0n) is 20.3. The number of pyridine rings is 1. The fourth-order valence-corrected chi connectivity index (χ4v) is 6.40. The summed E-state index contributed by atoms with van der Waals surface area (Å²) < 4.78 is 0. The maximum Gasteiger partial charge on any atom is 0.134 e. The lowest BCUT2D eigenvalue weighted by atomic mass is 9.80. The molecule has 2 aliphatic rings. The van der Waals surface area contributed by atoms with Crippen molar-refractivity contribution in [2.45, 2.75) is 12.0 Å². The van der Waals surface area contributed by atoms with Crippen LogP contribution in [0.15, 0.2) is 127 Å². The number of nitrogens with zero attached hydrogens (tertiary/aromatic N) is 2. The van der Waals surface area contributed by atoms with Crippen LogP contribution in [0, 0.1) is 0 Å². The Kier molecular flexibility index (Phi) is 4.38. The number of fused-ring (bicyclic) bond motifs is 8. The molecule has 2 heterocycles. The molecule has 2 atom stereocenters. The molecule has 0 saturated heterocycles. The summed E-state index contributed by atoms with van der Waals surface area (Å²) in [4.78, 5) is 7.73. The fourth-order valence-electron chi connectivity index (χ4n) is 6.40. The Balaban J connectivity index is 1.43. The van der Waals surface area contributed by atoms with E-state index < -0.39 is 0 Å². The first-order valence-electron chi connectivity index (χ1n) is 12.9. The van der Waals surface area contributed by atoms with Crippen molar-refractivity contribution in [3.05, 3.63) is 144 Å². The molecule has 2 heteroatoms. The van der Waals surface area contributed by atoms with Gasteiger partial charge < -0.3 is 4.90 Å². The van der Waals surface area contributed by atoms with E-state index in [1.807, 2.05) is 0 Å². The number of anilines is 2. The van der Waals surface area contributed by atoms with Crippen LogP contribution in [-0.4, -0.2) is 11.0 Å². The predicted molar refractivity (Wildman–Crippen MR) is 154 cm³/mol. The molecule has 0 N–H and O–H groups in total. The lowest BCUT2D eigenvalue weighted by Gasteiger charge is -2.31. The van der Waals surface area contributed by atoms with Crippen molar-refractivity contribution in [2.24, 2.45) is 0 Å². The zero-order valence-corrected chi connectivity index (χ0v) is 20.3. The Morgan fingerprint density at radius 3 is 2.32 bits per heavy atom. The first-order valence-corrected chi connectivity index (χ1v) is 12.9. The normalized spacial score (nSPS) is 17.6. The molecule has 1 aliphatic carbocycles. The zero-order chi connectivity index (χ0) is 24.3. The van der Waals surface area contributed by atoms with E-state index in [4.69, 9.17) is 4.98 Å². The van der Waals surface area contributed by atoms with E-state index in [2.05, 4.69) is 138 Å². The quantitative estimate of drug-likeness (QED) is 0.250. The van der Waals surface area contributed by atoms with Crippen LogP contribution in [0.25, 0.3) is 38.9 Å². The van der Waals surface area contributed by atoms with Crippen molar-refractivity contribution >= 4 is 39.3 Å². The Hall–Kier alpha value is -4.69. The number of para-hydroxylation sites is 1. The van der Waals surface area contributed by atoms with Gasteiger partial charge in [-0.25, -0.2) is 4.98 Å². The lowest BCUT2D eigenvalue weighted by molar-refractivity contribution is 0.722. The van der Waals surface area contributed by atoms with E-state index in [1.165, 1.54) is 49.7 Å². The molecule has 6 aromatic rings. The van der Waals surface area contributed by atoms with Crippen molar-refractivity contribution in [2.75, 3.05) is 4.90 Å². The Labute approximate surface area is 216 Å². The van der Waals surface area contributed by atoms with Gasteiger partial charge in [-0.05, 0) is 56.8 Å². The minimum atomic E-state index is 0.160. The SMILES string of the molecule is C1=CC2C(c3ccccc31)c1c(ccc3ccccc13)N2c1cc(-c2ccccc2)c2ccccc2n1. The molecule has 0 radical (unpaired) electrons. The summed E-state index contributed by atoms with van der Waals surface area (Å²) in [5.74, 6) is 1.24. The number of benzene rings is 5.